The molecule has 0 saturated heterocycles. The van der Waals surface area contributed by atoms with Gasteiger partial charge < -0.3 is 9.64 Å². The molecule has 0 bridgehead atoms. The lowest BCUT2D eigenvalue weighted by Gasteiger charge is -2.22. The van der Waals surface area contributed by atoms with Gasteiger partial charge in [0, 0.05) is 14.1 Å². The van der Waals surface area contributed by atoms with Crippen molar-refractivity contribution in [2.45, 2.75) is 9.79 Å². The molecule has 0 radical (unpaired) electrons. The Morgan fingerprint density at radius 2 is 2.00 bits per heavy atom. The molecule has 0 amide bonds. The number of para-hydroxylation sites is 1. The molecule has 1 aliphatic rings. The van der Waals surface area contributed by atoms with Gasteiger partial charge in [0.15, 0.2) is 11.6 Å². The van der Waals surface area contributed by atoms with Gasteiger partial charge in [-0.3, -0.25) is 0 Å². The normalized spacial score (nSPS) is 12.4. The first-order valence-corrected chi connectivity index (χ1v) is 6.05. The van der Waals surface area contributed by atoms with Crippen molar-refractivity contribution in [1.82, 2.24) is 10.2 Å². The summed E-state index contributed by atoms with van der Waals surface area (Å²) >= 11 is 1.67. The van der Waals surface area contributed by atoms with Gasteiger partial charge in [-0.1, -0.05) is 23.9 Å². The third-order valence-electron chi connectivity index (χ3n) is 2.46. The molecule has 0 aliphatic carbocycles. The molecule has 0 spiro atoms. The molecule has 4 nitrogen and oxygen atoms in total. The zero-order chi connectivity index (χ0) is 11.8. The molecule has 2 heterocycles. The van der Waals surface area contributed by atoms with Crippen molar-refractivity contribution in [1.29, 1.82) is 0 Å². The average molecular weight is 245 g/mol. The van der Waals surface area contributed by atoms with Crippen LogP contribution in [0.25, 0.3) is 0 Å². The molecule has 1 aromatic heterocycles. The van der Waals surface area contributed by atoms with Crippen LogP contribution in [0.1, 0.15) is 0 Å². The molecule has 5 heteroatoms. The summed E-state index contributed by atoms with van der Waals surface area (Å²) < 4.78 is 5.82. The first-order valence-electron chi connectivity index (χ1n) is 5.23. The largest absolute Gasteiger partial charge is 0.453 e. The lowest BCUT2D eigenvalue weighted by molar-refractivity contribution is 0.449. The molecule has 1 aromatic carbocycles. The van der Waals surface area contributed by atoms with Gasteiger partial charge in [0.2, 0.25) is 0 Å². The van der Waals surface area contributed by atoms with Crippen LogP contribution in [0, 0.1) is 0 Å². The van der Waals surface area contributed by atoms with E-state index in [-0.39, 0.29) is 0 Å². The van der Waals surface area contributed by atoms with Gasteiger partial charge in [0.1, 0.15) is 10.6 Å². The first-order chi connectivity index (χ1) is 8.25. The highest BCUT2D eigenvalue weighted by molar-refractivity contribution is 7.99. The highest BCUT2D eigenvalue weighted by atomic mass is 32.2. The number of aromatic nitrogens is 2. The van der Waals surface area contributed by atoms with Crippen LogP contribution in [0.5, 0.6) is 11.5 Å². The Morgan fingerprint density at radius 3 is 2.82 bits per heavy atom. The van der Waals surface area contributed by atoms with Crippen LogP contribution < -0.4 is 9.64 Å². The minimum atomic E-state index is 0.771. The molecule has 0 unspecified atom stereocenters. The lowest BCUT2D eigenvalue weighted by atomic mass is 10.3. The summed E-state index contributed by atoms with van der Waals surface area (Å²) in [7, 11) is 3.90. The minimum Gasteiger partial charge on any atom is -0.453 e. The maximum Gasteiger partial charge on any atom is 0.168 e. The summed E-state index contributed by atoms with van der Waals surface area (Å²) in [5, 5.41) is 8.10. The van der Waals surface area contributed by atoms with Crippen LogP contribution >= 0.6 is 11.8 Å². The van der Waals surface area contributed by atoms with E-state index in [9.17, 15) is 0 Å². The molecule has 0 N–H and O–H groups in total. The van der Waals surface area contributed by atoms with Crippen molar-refractivity contribution < 1.29 is 4.74 Å². The van der Waals surface area contributed by atoms with Gasteiger partial charge in [0.25, 0.3) is 0 Å². The number of hydrogen-bond donors (Lipinski definition) is 0. The minimum absolute atomic E-state index is 0.771. The summed E-state index contributed by atoms with van der Waals surface area (Å²) in [6, 6.07) is 7.97. The smallest absolute Gasteiger partial charge is 0.168 e. The zero-order valence-electron chi connectivity index (χ0n) is 9.54. The second-order valence-electron chi connectivity index (χ2n) is 3.91. The Labute approximate surface area is 104 Å². The van der Waals surface area contributed by atoms with Gasteiger partial charge in [0.05, 0.1) is 11.1 Å². The van der Waals surface area contributed by atoms with Crippen LogP contribution in [0.3, 0.4) is 0 Å². The summed E-state index contributed by atoms with van der Waals surface area (Å²) in [6.45, 7) is 0. The van der Waals surface area contributed by atoms with Crippen LogP contribution in [-0.2, 0) is 0 Å². The van der Waals surface area contributed by atoms with Gasteiger partial charge in [-0.25, -0.2) is 0 Å². The van der Waals surface area contributed by atoms with Gasteiger partial charge in [-0.2, -0.15) is 5.10 Å². The Morgan fingerprint density at radius 1 is 1.18 bits per heavy atom. The predicted octanol–water partition coefficient (Wildman–Crippen LogP) is 2.80. The van der Waals surface area contributed by atoms with Gasteiger partial charge in [-0.15, -0.1) is 5.10 Å². The molecular formula is C12H11N3OS. The molecule has 2 aromatic rings. The Balaban J connectivity index is 2.12. The van der Waals surface area contributed by atoms with Gasteiger partial charge >= 0.3 is 0 Å². The summed E-state index contributed by atoms with van der Waals surface area (Å²) in [4.78, 5) is 4.07. The Kier molecular flexibility index (Phi) is 2.40. The van der Waals surface area contributed by atoms with Crippen LogP contribution in [0.15, 0.2) is 40.3 Å². The summed E-state index contributed by atoms with van der Waals surface area (Å²) in [6.07, 6.45) is 1.66. The fourth-order valence-corrected chi connectivity index (χ4v) is 2.75. The maximum absolute atomic E-state index is 5.82. The van der Waals surface area contributed by atoms with E-state index in [2.05, 4.69) is 10.2 Å². The van der Waals surface area contributed by atoms with Crippen LogP contribution in [-0.4, -0.2) is 24.3 Å². The Bertz CT molecular complexity index is 571. The van der Waals surface area contributed by atoms with Crippen molar-refractivity contribution in [3.05, 3.63) is 30.5 Å². The monoisotopic (exact) mass is 245 g/mol. The van der Waals surface area contributed by atoms with E-state index in [4.69, 9.17) is 4.74 Å². The first kappa shape index (κ1) is 10.4. The van der Waals surface area contributed by atoms with Crippen LogP contribution in [0.2, 0.25) is 0 Å². The van der Waals surface area contributed by atoms with Crippen molar-refractivity contribution in [3.63, 3.8) is 0 Å². The number of ether oxygens (including phenoxy) is 1. The predicted molar refractivity (Wildman–Crippen MR) is 67.0 cm³/mol. The van der Waals surface area contributed by atoms with E-state index in [1.165, 1.54) is 0 Å². The van der Waals surface area contributed by atoms with Crippen LogP contribution in [0.4, 0.5) is 5.82 Å². The van der Waals surface area contributed by atoms with E-state index in [0.717, 1.165) is 27.1 Å². The lowest BCUT2D eigenvalue weighted by Crippen LogP contribution is -2.13. The fourth-order valence-electron chi connectivity index (χ4n) is 1.66. The fraction of sp³-hybridized carbons (Fsp3) is 0.167. The summed E-state index contributed by atoms with van der Waals surface area (Å²) in [5.41, 5.74) is 0. The maximum atomic E-state index is 5.82. The highest BCUT2D eigenvalue weighted by Crippen LogP contribution is 2.49. The molecule has 86 valence electrons. The number of anilines is 1. The van der Waals surface area contributed by atoms with Crippen molar-refractivity contribution >= 4 is 17.6 Å². The molecule has 0 fully saturated rings. The van der Waals surface area contributed by atoms with E-state index < -0.39 is 0 Å². The Hall–Kier alpha value is -1.75. The summed E-state index contributed by atoms with van der Waals surface area (Å²) in [5.74, 6) is 2.48. The van der Waals surface area contributed by atoms with E-state index in [0.29, 0.717) is 0 Å². The third-order valence-corrected chi connectivity index (χ3v) is 3.60. The topological polar surface area (TPSA) is 38.2 Å². The van der Waals surface area contributed by atoms with Crippen molar-refractivity contribution in [3.8, 4) is 11.5 Å². The molecule has 1 aliphatic heterocycles. The SMILES string of the molecule is CN(C)c1nncc2c1Sc1ccccc1O2. The number of rotatable bonds is 1. The van der Waals surface area contributed by atoms with Crippen molar-refractivity contribution in [2.75, 3.05) is 19.0 Å². The number of nitrogens with zero attached hydrogens (tertiary/aromatic N) is 3. The van der Waals surface area contributed by atoms with Crippen molar-refractivity contribution in [2.24, 2.45) is 0 Å². The second-order valence-corrected chi connectivity index (χ2v) is 4.96. The molecule has 17 heavy (non-hydrogen) atoms. The molecule has 3 rings (SSSR count). The number of benzene rings is 1. The van der Waals surface area contributed by atoms with E-state index in [1.54, 1.807) is 18.0 Å². The number of hydrogen-bond acceptors (Lipinski definition) is 5. The molecular weight excluding hydrogens is 234 g/mol. The van der Waals surface area contributed by atoms with E-state index >= 15 is 0 Å². The number of fused-ring (bicyclic) bond motifs is 2. The standard InChI is InChI=1S/C12H11N3OS/c1-15(2)12-11-9(7-13-14-12)16-8-5-3-4-6-10(8)17-11/h3-7H,1-2H3. The van der Waals surface area contributed by atoms with E-state index in [1.807, 2.05) is 43.3 Å². The molecule has 0 atom stereocenters. The molecule has 0 saturated carbocycles. The third kappa shape index (κ3) is 1.72. The quantitative estimate of drug-likeness (QED) is 0.659. The second kappa shape index (κ2) is 3.92. The average Bonchev–Trinajstić information content (AvgIpc) is 2.35. The highest BCUT2D eigenvalue weighted by Gasteiger charge is 2.22. The zero-order valence-corrected chi connectivity index (χ0v) is 10.4. The van der Waals surface area contributed by atoms with Gasteiger partial charge in [-0.05, 0) is 12.1 Å².